The van der Waals surface area contributed by atoms with Gasteiger partial charge in [0.25, 0.3) is 0 Å². The van der Waals surface area contributed by atoms with Gasteiger partial charge in [-0.25, -0.2) is 0 Å². The number of carbonyl (C=O) groups excluding carboxylic acids is 3. The van der Waals surface area contributed by atoms with Crippen LogP contribution in [-0.2, 0) is 19.8 Å². The molecule has 0 atom stereocenters. The van der Waals surface area contributed by atoms with Gasteiger partial charge in [0.05, 0.1) is 5.41 Å². The normalized spacial score (nSPS) is 15.5. The minimum atomic E-state index is -1.14. The largest absolute Gasteiger partial charge is 0.359 e. The zero-order valence-electron chi connectivity index (χ0n) is 13.3. The van der Waals surface area contributed by atoms with Gasteiger partial charge in [-0.1, -0.05) is 12.1 Å². The van der Waals surface area contributed by atoms with E-state index in [1.54, 1.807) is 7.05 Å². The standard InChI is InChI=1S/C16H21N3O3/c1-10-5-6-11-12(7-10)19(4)15(22)16(11,8-13(20)17-2)9-14(21)18-3/h5-7H,8-9H2,1-4H3,(H,17,20)(H,18,21). The van der Waals surface area contributed by atoms with E-state index >= 15 is 0 Å². The molecule has 0 fully saturated rings. The van der Waals surface area contributed by atoms with Gasteiger partial charge in [-0.15, -0.1) is 0 Å². The van der Waals surface area contributed by atoms with Crippen LogP contribution in [0.3, 0.4) is 0 Å². The van der Waals surface area contributed by atoms with E-state index in [0.717, 1.165) is 16.8 Å². The number of likely N-dealkylation sites (N-methyl/N-ethyl adjacent to an activating group) is 1. The van der Waals surface area contributed by atoms with Crippen molar-refractivity contribution in [2.45, 2.75) is 25.2 Å². The first-order chi connectivity index (χ1) is 10.4. The predicted molar refractivity (Wildman–Crippen MR) is 83.6 cm³/mol. The van der Waals surface area contributed by atoms with Crippen LogP contribution < -0.4 is 15.5 Å². The highest BCUT2D eigenvalue weighted by molar-refractivity contribution is 6.11. The highest BCUT2D eigenvalue weighted by atomic mass is 16.2. The molecule has 0 saturated heterocycles. The molecule has 1 aromatic rings. The molecule has 2 rings (SSSR count). The van der Waals surface area contributed by atoms with Gasteiger partial charge in [-0.2, -0.15) is 0 Å². The molecule has 1 heterocycles. The predicted octanol–water partition coefficient (Wildman–Crippen LogP) is 0.481. The van der Waals surface area contributed by atoms with Gasteiger partial charge < -0.3 is 15.5 Å². The van der Waals surface area contributed by atoms with Gasteiger partial charge in [0.1, 0.15) is 0 Å². The molecule has 0 aliphatic carbocycles. The van der Waals surface area contributed by atoms with Crippen molar-refractivity contribution in [1.29, 1.82) is 0 Å². The molecular weight excluding hydrogens is 282 g/mol. The zero-order valence-corrected chi connectivity index (χ0v) is 13.3. The number of benzene rings is 1. The van der Waals surface area contributed by atoms with Crippen molar-refractivity contribution >= 4 is 23.4 Å². The maximum absolute atomic E-state index is 12.9. The van der Waals surface area contributed by atoms with Crippen LogP contribution in [0.1, 0.15) is 24.0 Å². The molecule has 0 aromatic heterocycles. The van der Waals surface area contributed by atoms with Crippen LogP contribution in [0.2, 0.25) is 0 Å². The van der Waals surface area contributed by atoms with E-state index in [2.05, 4.69) is 10.6 Å². The fourth-order valence-corrected chi connectivity index (χ4v) is 3.00. The number of anilines is 1. The van der Waals surface area contributed by atoms with E-state index in [9.17, 15) is 14.4 Å². The fraction of sp³-hybridized carbons (Fsp3) is 0.438. The molecule has 1 aliphatic heterocycles. The quantitative estimate of drug-likeness (QED) is 0.849. The molecule has 0 unspecified atom stereocenters. The third kappa shape index (κ3) is 2.45. The molecule has 0 bridgehead atoms. The minimum absolute atomic E-state index is 0.0455. The summed E-state index contributed by atoms with van der Waals surface area (Å²) in [4.78, 5) is 38.3. The summed E-state index contributed by atoms with van der Waals surface area (Å²) in [7, 11) is 4.72. The Kier molecular flexibility index (Phi) is 4.21. The summed E-state index contributed by atoms with van der Waals surface area (Å²) in [6, 6.07) is 5.65. The molecule has 0 radical (unpaired) electrons. The second-order valence-corrected chi connectivity index (χ2v) is 5.67. The van der Waals surface area contributed by atoms with Crippen LogP contribution >= 0.6 is 0 Å². The molecule has 0 spiro atoms. The van der Waals surface area contributed by atoms with Crippen molar-refractivity contribution in [2.24, 2.45) is 0 Å². The van der Waals surface area contributed by atoms with Gasteiger partial charge in [-0.3, -0.25) is 14.4 Å². The van der Waals surface area contributed by atoms with Crippen molar-refractivity contribution in [3.05, 3.63) is 29.3 Å². The van der Waals surface area contributed by atoms with Gasteiger partial charge in [0.15, 0.2) is 0 Å². The Balaban J connectivity index is 2.59. The van der Waals surface area contributed by atoms with E-state index in [-0.39, 0.29) is 30.6 Å². The van der Waals surface area contributed by atoms with Gasteiger partial charge >= 0.3 is 0 Å². The fourth-order valence-electron chi connectivity index (χ4n) is 3.00. The number of hydrogen-bond donors (Lipinski definition) is 2. The molecular formula is C16H21N3O3. The van der Waals surface area contributed by atoms with Crippen LogP contribution in [0, 0.1) is 6.92 Å². The molecule has 6 heteroatoms. The summed E-state index contributed by atoms with van der Waals surface area (Å²) in [6.45, 7) is 1.94. The molecule has 1 aliphatic rings. The summed E-state index contributed by atoms with van der Waals surface area (Å²) in [6.07, 6.45) is -0.0910. The maximum Gasteiger partial charge on any atom is 0.238 e. The summed E-state index contributed by atoms with van der Waals surface area (Å²) < 4.78 is 0. The van der Waals surface area contributed by atoms with Crippen LogP contribution in [0.4, 0.5) is 5.69 Å². The maximum atomic E-state index is 12.9. The summed E-state index contributed by atoms with van der Waals surface area (Å²) in [5.74, 6) is -0.751. The number of aryl methyl sites for hydroxylation is 1. The molecule has 6 nitrogen and oxygen atoms in total. The van der Waals surface area contributed by atoms with E-state index in [1.165, 1.54) is 19.0 Å². The van der Waals surface area contributed by atoms with Crippen LogP contribution in [-0.4, -0.2) is 38.9 Å². The van der Waals surface area contributed by atoms with E-state index in [1.807, 2.05) is 25.1 Å². The monoisotopic (exact) mass is 303 g/mol. The first-order valence-electron chi connectivity index (χ1n) is 7.16. The smallest absolute Gasteiger partial charge is 0.238 e. The minimum Gasteiger partial charge on any atom is -0.359 e. The van der Waals surface area contributed by atoms with Crippen molar-refractivity contribution in [3.8, 4) is 0 Å². The third-order valence-electron chi connectivity index (χ3n) is 4.23. The van der Waals surface area contributed by atoms with Crippen molar-refractivity contribution in [3.63, 3.8) is 0 Å². The Labute approximate surface area is 129 Å². The van der Waals surface area contributed by atoms with E-state index < -0.39 is 5.41 Å². The Morgan fingerprint density at radius 1 is 1.14 bits per heavy atom. The van der Waals surface area contributed by atoms with Crippen molar-refractivity contribution in [1.82, 2.24) is 10.6 Å². The van der Waals surface area contributed by atoms with Crippen molar-refractivity contribution in [2.75, 3.05) is 26.0 Å². The topological polar surface area (TPSA) is 78.5 Å². The highest BCUT2D eigenvalue weighted by Gasteiger charge is 2.51. The SMILES string of the molecule is CNC(=O)CC1(CC(=O)NC)C(=O)N(C)c2cc(C)ccc21. The first kappa shape index (κ1) is 16.0. The van der Waals surface area contributed by atoms with Crippen LogP contribution in [0.25, 0.3) is 0 Å². The Morgan fingerprint density at radius 2 is 1.68 bits per heavy atom. The van der Waals surface area contributed by atoms with Gasteiger partial charge in [0.2, 0.25) is 17.7 Å². The lowest BCUT2D eigenvalue weighted by Crippen LogP contribution is -2.45. The second kappa shape index (κ2) is 5.79. The number of nitrogens with zero attached hydrogens (tertiary/aromatic N) is 1. The number of nitrogens with one attached hydrogen (secondary N) is 2. The Hall–Kier alpha value is -2.37. The van der Waals surface area contributed by atoms with E-state index in [0.29, 0.717) is 0 Å². The summed E-state index contributed by atoms with van der Waals surface area (Å²) in [5.41, 5.74) is 1.38. The average molecular weight is 303 g/mol. The van der Waals surface area contributed by atoms with Crippen LogP contribution in [0.5, 0.6) is 0 Å². The lowest BCUT2D eigenvalue weighted by atomic mass is 9.75. The molecule has 3 amide bonds. The average Bonchev–Trinajstić information content (AvgIpc) is 2.69. The highest BCUT2D eigenvalue weighted by Crippen LogP contribution is 2.46. The molecule has 0 saturated carbocycles. The Morgan fingerprint density at radius 3 is 2.18 bits per heavy atom. The molecule has 22 heavy (non-hydrogen) atoms. The number of fused-ring (bicyclic) bond motifs is 1. The molecule has 2 N–H and O–H groups in total. The molecule has 1 aromatic carbocycles. The van der Waals surface area contributed by atoms with Crippen molar-refractivity contribution < 1.29 is 14.4 Å². The summed E-state index contributed by atoms with van der Waals surface area (Å²) >= 11 is 0. The Bertz CT molecular complexity index is 622. The third-order valence-corrected chi connectivity index (χ3v) is 4.23. The number of rotatable bonds is 4. The lowest BCUT2D eigenvalue weighted by Gasteiger charge is -2.26. The second-order valence-electron chi connectivity index (χ2n) is 5.67. The van der Waals surface area contributed by atoms with E-state index in [4.69, 9.17) is 0 Å². The number of amides is 3. The van der Waals surface area contributed by atoms with Crippen LogP contribution in [0.15, 0.2) is 18.2 Å². The first-order valence-corrected chi connectivity index (χ1v) is 7.16. The van der Waals surface area contributed by atoms with Gasteiger partial charge in [0, 0.05) is 39.7 Å². The zero-order chi connectivity index (χ0) is 16.5. The number of hydrogen-bond acceptors (Lipinski definition) is 3. The summed E-state index contributed by atoms with van der Waals surface area (Å²) in [5, 5.41) is 5.09. The molecule has 118 valence electrons. The number of carbonyl (C=O) groups is 3. The van der Waals surface area contributed by atoms with Gasteiger partial charge in [-0.05, 0) is 24.1 Å². The lowest BCUT2D eigenvalue weighted by molar-refractivity contribution is -0.132.